The molecule has 1 rings (SSSR count). The summed E-state index contributed by atoms with van der Waals surface area (Å²) in [6.45, 7) is 0. The number of hydrogen-bond donors (Lipinski definition) is 3. The summed E-state index contributed by atoms with van der Waals surface area (Å²) in [6.07, 6.45) is -4.84. The highest BCUT2D eigenvalue weighted by atomic mass is 35.5. The van der Waals surface area contributed by atoms with Crippen molar-refractivity contribution < 1.29 is 28.2 Å². The van der Waals surface area contributed by atoms with E-state index >= 15 is 0 Å². The van der Waals surface area contributed by atoms with Crippen LogP contribution < -0.4 is 5.73 Å². The molecule has 0 fully saturated rings. The second-order valence-corrected chi connectivity index (χ2v) is 3.59. The molecule has 1 atom stereocenters. The van der Waals surface area contributed by atoms with Crippen LogP contribution in [0.2, 0.25) is 5.02 Å². The Balaban J connectivity index is 3.42. The van der Waals surface area contributed by atoms with E-state index in [4.69, 9.17) is 22.4 Å². The van der Waals surface area contributed by atoms with Gasteiger partial charge in [-0.25, -0.2) is 4.79 Å². The van der Waals surface area contributed by atoms with Crippen LogP contribution in [0.15, 0.2) is 12.1 Å². The molecule has 1 aromatic rings. The highest BCUT2D eigenvalue weighted by molar-refractivity contribution is 6.31. The summed E-state index contributed by atoms with van der Waals surface area (Å²) in [5, 5.41) is 17.6. The van der Waals surface area contributed by atoms with Crippen molar-refractivity contribution >= 4 is 17.6 Å². The smallest absolute Gasteiger partial charge is 0.407 e. The molecule has 0 aliphatic rings. The van der Waals surface area contributed by atoms with Gasteiger partial charge >= 0.3 is 12.1 Å². The maximum absolute atomic E-state index is 12.4. The molecule has 0 amide bonds. The molecule has 94 valence electrons. The lowest BCUT2D eigenvalue weighted by Crippen LogP contribution is -2.29. The minimum Gasteiger partial charge on any atom is -0.507 e. The van der Waals surface area contributed by atoms with Crippen molar-refractivity contribution in [2.24, 2.45) is 5.73 Å². The molecule has 4 nitrogen and oxygen atoms in total. The number of alkyl halides is 3. The first-order valence-electron chi connectivity index (χ1n) is 4.23. The molecular weight excluding hydrogens is 263 g/mol. The van der Waals surface area contributed by atoms with Crippen LogP contribution in [0.5, 0.6) is 5.75 Å². The van der Waals surface area contributed by atoms with Crippen molar-refractivity contribution in [3.05, 3.63) is 28.3 Å². The lowest BCUT2D eigenvalue weighted by Gasteiger charge is -2.19. The number of aromatic carboxylic acids is 1. The number of aromatic hydroxyl groups is 1. The minimum absolute atomic E-state index is 0.447. The van der Waals surface area contributed by atoms with E-state index in [2.05, 4.69) is 0 Å². The first kappa shape index (κ1) is 13.6. The predicted octanol–water partition coefficient (Wildman–Crippen LogP) is 2.31. The second kappa shape index (κ2) is 4.42. The van der Waals surface area contributed by atoms with Crippen molar-refractivity contribution in [1.29, 1.82) is 0 Å². The number of benzene rings is 1. The van der Waals surface area contributed by atoms with Gasteiger partial charge in [-0.15, -0.1) is 0 Å². The van der Waals surface area contributed by atoms with Crippen molar-refractivity contribution in [3.63, 3.8) is 0 Å². The molecule has 4 N–H and O–H groups in total. The normalized spacial score (nSPS) is 13.5. The molecular formula is C9H7ClF3NO3. The predicted molar refractivity (Wildman–Crippen MR) is 53.1 cm³/mol. The van der Waals surface area contributed by atoms with Crippen molar-refractivity contribution in [2.45, 2.75) is 12.2 Å². The Morgan fingerprint density at radius 3 is 2.35 bits per heavy atom. The Morgan fingerprint density at radius 2 is 1.94 bits per heavy atom. The van der Waals surface area contributed by atoms with E-state index < -0.39 is 40.1 Å². The van der Waals surface area contributed by atoms with Gasteiger partial charge in [-0.3, -0.25) is 0 Å². The zero-order valence-electron chi connectivity index (χ0n) is 8.12. The molecule has 0 aromatic heterocycles. The van der Waals surface area contributed by atoms with Gasteiger partial charge < -0.3 is 15.9 Å². The Labute approximate surface area is 98.4 Å². The third kappa shape index (κ3) is 2.62. The zero-order valence-corrected chi connectivity index (χ0v) is 8.88. The number of carbonyl (C=O) groups is 1. The van der Waals surface area contributed by atoms with E-state index in [-0.39, 0.29) is 0 Å². The van der Waals surface area contributed by atoms with Crippen LogP contribution in [-0.4, -0.2) is 22.4 Å². The number of nitrogens with two attached hydrogens (primary N) is 1. The standard InChI is InChI=1S/C9H7ClF3NO3/c10-4-2-1-3(8(16)17)6(15)5(4)7(14)9(11,12)13/h1-2,7,15H,14H2,(H,16,17)/t7-/m1/s1. The van der Waals surface area contributed by atoms with Crippen LogP contribution in [0.1, 0.15) is 22.0 Å². The summed E-state index contributed by atoms with van der Waals surface area (Å²) in [5.41, 5.74) is 3.34. The molecule has 0 radical (unpaired) electrons. The first-order valence-corrected chi connectivity index (χ1v) is 4.61. The maximum atomic E-state index is 12.4. The van der Waals surface area contributed by atoms with Gasteiger partial charge in [0.15, 0.2) is 0 Å². The van der Waals surface area contributed by atoms with E-state index in [0.29, 0.717) is 0 Å². The molecule has 0 saturated carbocycles. The monoisotopic (exact) mass is 269 g/mol. The average Bonchev–Trinajstić information content (AvgIpc) is 2.15. The third-order valence-corrected chi connectivity index (χ3v) is 2.39. The summed E-state index contributed by atoms with van der Waals surface area (Å²) < 4.78 is 37.2. The molecule has 0 unspecified atom stereocenters. The van der Waals surface area contributed by atoms with Gasteiger partial charge in [0, 0.05) is 10.6 Å². The second-order valence-electron chi connectivity index (χ2n) is 3.18. The zero-order chi connectivity index (χ0) is 13.4. The third-order valence-electron chi connectivity index (χ3n) is 2.06. The Kier molecular flexibility index (Phi) is 3.53. The Bertz CT molecular complexity index is 462. The number of hydrogen-bond acceptors (Lipinski definition) is 3. The van der Waals surface area contributed by atoms with Crippen molar-refractivity contribution in [1.82, 2.24) is 0 Å². The van der Waals surface area contributed by atoms with Crippen LogP contribution in [0.3, 0.4) is 0 Å². The van der Waals surface area contributed by atoms with E-state index in [1.165, 1.54) is 0 Å². The molecule has 0 saturated heterocycles. The van der Waals surface area contributed by atoms with Gasteiger partial charge in [0.05, 0.1) is 0 Å². The van der Waals surface area contributed by atoms with E-state index in [9.17, 15) is 23.1 Å². The fraction of sp³-hybridized carbons (Fsp3) is 0.222. The summed E-state index contributed by atoms with van der Waals surface area (Å²) >= 11 is 5.47. The number of halogens is 4. The van der Waals surface area contributed by atoms with Crippen LogP contribution in [0.25, 0.3) is 0 Å². The quantitative estimate of drug-likeness (QED) is 0.769. The number of phenols is 1. The van der Waals surface area contributed by atoms with Crippen LogP contribution in [0, 0.1) is 0 Å². The van der Waals surface area contributed by atoms with E-state index in [1.54, 1.807) is 0 Å². The topological polar surface area (TPSA) is 83.6 Å². The molecule has 17 heavy (non-hydrogen) atoms. The Hall–Kier alpha value is -1.47. The lowest BCUT2D eigenvalue weighted by molar-refractivity contribution is -0.149. The van der Waals surface area contributed by atoms with Gasteiger partial charge in [0.1, 0.15) is 17.4 Å². The van der Waals surface area contributed by atoms with Crippen LogP contribution in [-0.2, 0) is 0 Å². The largest absolute Gasteiger partial charge is 0.507 e. The van der Waals surface area contributed by atoms with Gasteiger partial charge in [0.2, 0.25) is 0 Å². The number of rotatable bonds is 2. The fourth-order valence-corrected chi connectivity index (χ4v) is 1.49. The minimum atomic E-state index is -4.84. The molecule has 0 aliphatic heterocycles. The lowest BCUT2D eigenvalue weighted by atomic mass is 10.0. The maximum Gasteiger partial charge on any atom is 0.407 e. The summed E-state index contributed by atoms with van der Waals surface area (Å²) in [6, 6.07) is -0.715. The highest BCUT2D eigenvalue weighted by Gasteiger charge is 2.41. The van der Waals surface area contributed by atoms with E-state index in [1.807, 2.05) is 0 Å². The summed E-state index contributed by atoms with van der Waals surface area (Å²) in [7, 11) is 0. The van der Waals surface area contributed by atoms with Gasteiger partial charge in [0.25, 0.3) is 0 Å². The fourth-order valence-electron chi connectivity index (χ4n) is 1.22. The molecule has 0 aliphatic carbocycles. The molecule has 0 bridgehead atoms. The van der Waals surface area contributed by atoms with E-state index in [0.717, 1.165) is 12.1 Å². The number of carboxylic acids is 1. The summed E-state index contributed by atoms with van der Waals surface area (Å²) in [4.78, 5) is 10.6. The molecule has 1 aromatic carbocycles. The Morgan fingerprint density at radius 1 is 1.41 bits per heavy atom. The van der Waals surface area contributed by atoms with Crippen LogP contribution >= 0.6 is 11.6 Å². The van der Waals surface area contributed by atoms with Crippen molar-refractivity contribution in [3.8, 4) is 5.75 Å². The van der Waals surface area contributed by atoms with Crippen LogP contribution in [0.4, 0.5) is 13.2 Å². The molecule has 0 spiro atoms. The average molecular weight is 270 g/mol. The SMILES string of the molecule is N[C@H](c1c(Cl)ccc(C(=O)O)c1O)C(F)(F)F. The molecule has 0 heterocycles. The first-order chi connectivity index (χ1) is 7.66. The molecule has 8 heteroatoms. The highest BCUT2D eigenvalue weighted by Crippen LogP contribution is 2.40. The van der Waals surface area contributed by atoms with Gasteiger partial charge in [-0.1, -0.05) is 11.6 Å². The van der Waals surface area contributed by atoms with Gasteiger partial charge in [-0.05, 0) is 12.1 Å². The van der Waals surface area contributed by atoms with Crippen molar-refractivity contribution in [2.75, 3.05) is 0 Å². The summed E-state index contributed by atoms with van der Waals surface area (Å²) in [5.74, 6) is -2.65. The van der Waals surface area contributed by atoms with Gasteiger partial charge in [-0.2, -0.15) is 13.2 Å². The number of carboxylic acid groups (broad SMARTS) is 1.